The molecule has 1 aromatic heterocycles. The molecule has 0 aliphatic heterocycles. The Labute approximate surface area is 118 Å². The average molecular weight is 296 g/mol. The van der Waals surface area contributed by atoms with E-state index in [1.165, 1.54) is 7.11 Å². The predicted molar refractivity (Wildman–Crippen MR) is 68.8 cm³/mol. The number of carbonyl (C=O) groups excluding carboxylic acids is 1. The first-order valence-corrected chi connectivity index (χ1v) is 5.87. The standard InChI is InChI=1S/C14H11F3N2O2/c1-21-6-7-4-9(16)12(10(17)5-7)13-8(15)2-3-11(19-13)14(18)20/h2-5H,6H2,1H3,(H2,18,20). The lowest BCUT2D eigenvalue weighted by atomic mass is 10.1. The molecule has 0 unspecified atom stereocenters. The first kappa shape index (κ1) is 15.0. The smallest absolute Gasteiger partial charge is 0.267 e. The van der Waals surface area contributed by atoms with Gasteiger partial charge in [0, 0.05) is 7.11 Å². The molecule has 0 aliphatic rings. The van der Waals surface area contributed by atoms with Crippen LogP contribution in [-0.4, -0.2) is 18.0 Å². The van der Waals surface area contributed by atoms with Crippen LogP contribution in [0.4, 0.5) is 13.2 Å². The maximum atomic E-state index is 14.0. The fraction of sp³-hybridized carbons (Fsp3) is 0.143. The van der Waals surface area contributed by atoms with Crippen LogP contribution in [0.2, 0.25) is 0 Å². The normalized spacial score (nSPS) is 10.7. The molecule has 0 saturated heterocycles. The molecule has 110 valence electrons. The van der Waals surface area contributed by atoms with Crippen molar-refractivity contribution in [2.45, 2.75) is 6.61 Å². The fourth-order valence-electron chi connectivity index (χ4n) is 1.86. The van der Waals surface area contributed by atoms with Crippen molar-refractivity contribution in [3.05, 3.63) is 53.0 Å². The number of nitrogens with two attached hydrogens (primary N) is 1. The number of hydrogen-bond donors (Lipinski definition) is 1. The Balaban J connectivity index is 2.61. The van der Waals surface area contributed by atoms with Gasteiger partial charge < -0.3 is 10.5 Å². The molecule has 0 aliphatic carbocycles. The highest BCUT2D eigenvalue weighted by molar-refractivity contribution is 5.91. The highest BCUT2D eigenvalue weighted by atomic mass is 19.1. The third kappa shape index (κ3) is 3.03. The molecule has 0 atom stereocenters. The molecule has 0 radical (unpaired) electrons. The van der Waals surface area contributed by atoms with Gasteiger partial charge in [0.05, 0.1) is 12.2 Å². The number of aromatic nitrogens is 1. The van der Waals surface area contributed by atoms with Gasteiger partial charge in [0.15, 0.2) is 0 Å². The molecule has 2 N–H and O–H groups in total. The monoisotopic (exact) mass is 296 g/mol. The van der Waals surface area contributed by atoms with Gasteiger partial charge in [-0.3, -0.25) is 4.79 Å². The van der Waals surface area contributed by atoms with Gasteiger partial charge in [0.1, 0.15) is 28.8 Å². The molecule has 21 heavy (non-hydrogen) atoms. The van der Waals surface area contributed by atoms with Crippen LogP contribution in [0.1, 0.15) is 16.1 Å². The maximum absolute atomic E-state index is 14.0. The minimum atomic E-state index is -1.00. The van der Waals surface area contributed by atoms with Crippen LogP contribution >= 0.6 is 0 Å². The van der Waals surface area contributed by atoms with E-state index in [2.05, 4.69) is 4.98 Å². The molecule has 0 fully saturated rings. The summed E-state index contributed by atoms with van der Waals surface area (Å²) in [5, 5.41) is 0. The topological polar surface area (TPSA) is 65.2 Å². The molecule has 1 amide bonds. The second kappa shape index (κ2) is 5.92. The summed E-state index contributed by atoms with van der Waals surface area (Å²) in [6, 6.07) is 3.95. The fourth-order valence-corrected chi connectivity index (χ4v) is 1.86. The van der Waals surface area contributed by atoms with Gasteiger partial charge in [-0.2, -0.15) is 0 Å². The van der Waals surface area contributed by atoms with Crippen LogP contribution in [0.5, 0.6) is 0 Å². The highest BCUT2D eigenvalue weighted by Crippen LogP contribution is 2.28. The Bertz CT molecular complexity index is 682. The first-order valence-electron chi connectivity index (χ1n) is 5.87. The molecule has 4 nitrogen and oxygen atoms in total. The van der Waals surface area contributed by atoms with Gasteiger partial charge in [0.2, 0.25) is 0 Å². The van der Waals surface area contributed by atoms with E-state index in [0.717, 1.165) is 24.3 Å². The summed E-state index contributed by atoms with van der Waals surface area (Å²) in [6.07, 6.45) is 0. The summed E-state index contributed by atoms with van der Waals surface area (Å²) in [4.78, 5) is 14.6. The van der Waals surface area contributed by atoms with Crippen LogP contribution in [0.15, 0.2) is 24.3 Å². The van der Waals surface area contributed by atoms with Crippen LogP contribution in [0.3, 0.4) is 0 Å². The third-order valence-corrected chi connectivity index (χ3v) is 2.75. The van der Waals surface area contributed by atoms with Crippen molar-refractivity contribution in [3.8, 4) is 11.3 Å². The van der Waals surface area contributed by atoms with E-state index in [0.29, 0.717) is 0 Å². The Kier molecular flexibility index (Phi) is 4.23. The van der Waals surface area contributed by atoms with E-state index in [-0.39, 0.29) is 17.9 Å². The Morgan fingerprint density at radius 1 is 1.19 bits per heavy atom. The van der Waals surface area contributed by atoms with Crippen molar-refractivity contribution in [2.75, 3.05) is 7.11 Å². The van der Waals surface area contributed by atoms with E-state index in [1.807, 2.05) is 0 Å². The third-order valence-electron chi connectivity index (χ3n) is 2.75. The first-order chi connectivity index (χ1) is 9.93. The van der Waals surface area contributed by atoms with Crippen molar-refractivity contribution in [2.24, 2.45) is 5.73 Å². The highest BCUT2D eigenvalue weighted by Gasteiger charge is 2.19. The molecule has 1 heterocycles. The lowest BCUT2D eigenvalue weighted by Gasteiger charge is -2.09. The number of rotatable bonds is 4. The van der Waals surface area contributed by atoms with Gasteiger partial charge in [-0.25, -0.2) is 18.2 Å². The summed E-state index contributed by atoms with van der Waals surface area (Å²) >= 11 is 0. The Hall–Kier alpha value is -2.41. The summed E-state index contributed by atoms with van der Waals surface area (Å²) in [6.45, 7) is 0.00531. The molecular weight excluding hydrogens is 285 g/mol. The molecule has 0 saturated carbocycles. The number of carbonyl (C=O) groups is 1. The largest absolute Gasteiger partial charge is 0.380 e. The molecular formula is C14H11F3N2O2. The number of amides is 1. The van der Waals surface area contributed by atoms with Gasteiger partial charge in [-0.15, -0.1) is 0 Å². The zero-order valence-electron chi connectivity index (χ0n) is 11.0. The number of hydrogen-bond acceptors (Lipinski definition) is 3. The van der Waals surface area contributed by atoms with Crippen molar-refractivity contribution < 1.29 is 22.7 Å². The number of primary amides is 1. The van der Waals surface area contributed by atoms with Crippen molar-refractivity contribution in [1.29, 1.82) is 0 Å². The zero-order chi connectivity index (χ0) is 15.6. The molecule has 0 bridgehead atoms. The Morgan fingerprint density at radius 2 is 1.81 bits per heavy atom. The molecule has 2 aromatic rings. The lowest BCUT2D eigenvalue weighted by Crippen LogP contribution is -2.14. The molecule has 0 spiro atoms. The Morgan fingerprint density at radius 3 is 2.33 bits per heavy atom. The van der Waals surface area contributed by atoms with Crippen LogP contribution < -0.4 is 5.73 Å². The minimum absolute atomic E-state index is 0.00531. The molecule has 1 aromatic carbocycles. The molecule has 7 heteroatoms. The van der Waals surface area contributed by atoms with E-state index < -0.39 is 34.6 Å². The van der Waals surface area contributed by atoms with Gasteiger partial charge in [0.25, 0.3) is 5.91 Å². The maximum Gasteiger partial charge on any atom is 0.267 e. The minimum Gasteiger partial charge on any atom is -0.380 e. The second-order valence-electron chi connectivity index (χ2n) is 4.26. The number of pyridine rings is 1. The zero-order valence-corrected chi connectivity index (χ0v) is 11.0. The number of halogens is 3. The van der Waals surface area contributed by atoms with Gasteiger partial charge >= 0.3 is 0 Å². The van der Waals surface area contributed by atoms with Crippen molar-refractivity contribution >= 4 is 5.91 Å². The van der Waals surface area contributed by atoms with Gasteiger partial charge in [-0.1, -0.05) is 0 Å². The van der Waals surface area contributed by atoms with Crippen molar-refractivity contribution in [3.63, 3.8) is 0 Å². The van der Waals surface area contributed by atoms with Crippen LogP contribution in [0.25, 0.3) is 11.3 Å². The lowest BCUT2D eigenvalue weighted by molar-refractivity contribution is 0.0995. The van der Waals surface area contributed by atoms with E-state index in [9.17, 15) is 18.0 Å². The second-order valence-corrected chi connectivity index (χ2v) is 4.26. The quantitative estimate of drug-likeness (QED) is 0.942. The number of ether oxygens (including phenoxy) is 1. The van der Waals surface area contributed by atoms with E-state index in [4.69, 9.17) is 10.5 Å². The predicted octanol–water partition coefficient (Wildman–Crippen LogP) is 2.41. The summed E-state index contributed by atoms with van der Waals surface area (Å²) < 4.78 is 46.6. The summed E-state index contributed by atoms with van der Waals surface area (Å²) in [5.41, 5.74) is 3.73. The molecule has 2 rings (SSSR count). The summed E-state index contributed by atoms with van der Waals surface area (Å²) in [5.74, 6) is -3.89. The average Bonchev–Trinajstić information content (AvgIpc) is 2.40. The van der Waals surface area contributed by atoms with Crippen LogP contribution in [0, 0.1) is 17.5 Å². The van der Waals surface area contributed by atoms with Gasteiger partial charge in [-0.05, 0) is 29.8 Å². The number of benzene rings is 1. The van der Waals surface area contributed by atoms with E-state index >= 15 is 0 Å². The summed E-state index contributed by atoms with van der Waals surface area (Å²) in [7, 11) is 1.38. The van der Waals surface area contributed by atoms with E-state index in [1.54, 1.807) is 0 Å². The number of methoxy groups -OCH3 is 1. The number of nitrogens with zero attached hydrogens (tertiary/aromatic N) is 1. The van der Waals surface area contributed by atoms with Crippen LogP contribution in [-0.2, 0) is 11.3 Å². The SMILES string of the molecule is COCc1cc(F)c(-c2nc(C(N)=O)ccc2F)c(F)c1. The van der Waals surface area contributed by atoms with Crippen molar-refractivity contribution in [1.82, 2.24) is 4.98 Å².